The van der Waals surface area contributed by atoms with E-state index in [-0.39, 0.29) is 15.5 Å². The van der Waals surface area contributed by atoms with Crippen LogP contribution in [0.15, 0.2) is 47.4 Å². The predicted molar refractivity (Wildman–Crippen MR) is 95.9 cm³/mol. The summed E-state index contributed by atoms with van der Waals surface area (Å²) in [5.41, 5.74) is -0.197. The molecule has 25 heavy (non-hydrogen) atoms. The van der Waals surface area contributed by atoms with Crippen LogP contribution in [0.1, 0.15) is 31.1 Å². The van der Waals surface area contributed by atoms with Gasteiger partial charge in [0.2, 0.25) is 10.0 Å². The summed E-state index contributed by atoms with van der Waals surface area (Å²) in [4.78, 5) is 12.3. The predicted octanol–water partition coefficient (Wildman–Crippen LogP) is 3.81. The van der Waals surface area contributed by atoms with Gasteiger partial charge in [0.05, 0.1) is 9.92 Å². The summed E-state index contributed by atoms with van der Waals surface area (Å²) in [6.45, 7) is 5.16. The molecular formula is C17H18ClFN2O3S. The molecule has 0 saturated heterocycles. The maximum absolute atomic E-state index is 13.2. The van der Waals surface area contributed by atoms with Crippen molar-refractivity contribution in [1.82, 2.24) is 4.72 Å². The molecule has 134 valence electrons. The van der Waals surface area contributed by atoms with E-state index >= 15 is 0 Å². The van der Waals surface area contributed by atoms with E-state index in [0.29, 0.717) is 5.69 Å². The summed E-state index contributed by atoms with van der Waals surface area (Å²) >= 11 is 5.68. The van der Waals surface area contributed by atoms with E-state index < -0.39 is 27.3 Å². The Morgan fingerprint density at radius 3 is 2.40 bits per heavy atom. The van der Waals surface area contributed by atoms with E-state index in [0.717, 1.165) is 6.07 Å². The summed E-state index contributed by atoms with van der Waals surface area (Å²) in [6, 6.07) is 9.40. The third-order valence-electron chi connectivity index (χ3n) is 3.02. The highest BCUT2D eigenvalue weighted by Crippen LogP contribution is 2.20. The Bertz CT molecular complexity index is 908. The fourth-order valence-electron chi connectivity index (χ4n) is 2.04. The van der Waals surface area contributed by atoms with E-state index in [1.807, 2.05) is 0 Å². The lowest BCUT2D eigenvalue weighted by atomic mass is 10.1. The lowest BCUT2D eigenvalue weighted by molar-refractivity contribution is 0.102. The number of anilines is 1. The van der Waals surface area contributed by atoms with Gasteiger partial charge in [-0.3, -0.25) is 4.79 Å². The second kappa shape index (κ2) is 7.11. The molecule has 2 aromatic carbocycles. The highest BCUT2D eigenvalue weighted by molar-refractivity contribution is 7.89. The van der Waals surface area contributed by atoms with E-state index in [1.165, 1.54) is 36.4 Å². The van der Waals surface area contributed by atoms with Gasteiger partial charge in [-0.25, -0.2) is 17.5 Å². The van der Waals surface area contributed by atoms with Gasteiger partial charge in [-0.05, 0) is 57.2 Å². The molecule has 0 bridgehead atoms. The molecule has 0 spiro atoms. The van der Waals surface area contributed by atoms with Gasteiger partial charge in [-0.1, -0.05) is 17.7 Å². The average molecular weight is 385 g/mol. The fraction of sp³-hybridized carbons (Fsp3) is 0.235. The Labute approximate surface area is 151 Å². The zero-order chi connectivity index (χ0) is 18.8. The largest absolute Gasteiger partial charge is 0.322 e. The fourth-order valence-corrected chi connectivity index (χ4v) is 3.69. The summed E-state index contributed by atoms with van der Waals surface area (Å²) in [7, 11) is -3.76. The van der Waals surface area contributed by atoms with E-state index in [9.17, 15) is 17.6 Å². The molecule has 0 fully saturated rings. The Morgan fingerprint density at radius 1 is 1.12 bits per heavy atom. The number of rotatable bonds is 4. The molecule has 1 amide bonds. The molecule has 0 heterocycles. The molecule has 8 heteroatoms. The van der Waals surface area contributed by atoms with Crippen LogP contribution in [0.3, 0.4) is 0 Å². The smallest absolute Gasteiger partial charge is 0.255 e. The van der Waals surface area contributed by atoms with Crippen LogP contribution in [0.2, 0.25) is 5.02 Å². The van der Waals surface area contributed by atoms with Crippen LogP contribution in [-0.4, -0.2) is 19.9 Å². The number of amides is 1. The lowest BCUT2D eigenvalue weighted by Crippen LogP contribution is -2.40. The second-order valence-electron chi connectivity index (χ2n) is 6.47. The van der Waals surface area contributed by atoms with E-state index in [2.05, 4.69) is 10.0 Å². The van der Waals surface area contributed by atoms with Gasteiger partial charge in [0.25, 0.3) is 5.91 Å². The molecule has 0 aliphatic carbocycles. The van der Waals surface area contributed by atoms with Crippen LogP contribution >= 0.6 is 11.6 Å². The summed E-state index contributed by atoms with van der Waals surface area (Å²) in [6.07, 6.45) is 0. The summed E-state index contributed by atoms with van der Waals surface area (Å²) < 4.78 is 40.4. The molecule has 2 N–H and O–H groups in total. The van der Waals surface area contributed by atoms with Crippen LogP contribution in [0.5, 0.6) is 0 Å². The number of hydrogen-bond acceptors (Lipinski definition) is 3. The Balaban J connectivity index is 2.25. The SMILES string of the molecule is CC(C)(C)NS(=O)(=O)c1cccc(C(=O)Nc2ccc(F)c(Cl)c2)c1. The normalized spacial score (nSPS) is 12.0. The van der Waals surface area contributed by atoms with Gasteiger partial charge in [0.15, 0.2) is 0 Å². The third-order valence-corrected chi connectivity index (χ3v) is 5.07. The van der Waals surface area contributed by atoms with Crippen molar-refractivity contribution in [3.05, 3.63) is 58.9 Å². The van der Waals surface area contributed by atoms with Crippen LogP contribution < -0.4 is 10.0 Å². The zero-order valence-corrected chi connectivity index (χ0v) is 15.5. The number of halogens is 2. The highest BCUT2D eigenvalue weighted by atomic mass is 35.5. The minimum atomic E-state index is -3.76. The minimum absolute atomic E-state index is 0.0211. The van der Waals surface area contributed by atoms with Crippen LogP contribution in [-0.2, 0) is 10.0 Å². The first-order valence-electron chi connectivity index (χ1n) is 7.38. The molecule has 2 rings (SSSR count). The maximum Gasteiger partial charge on any atom is 0.255 e. The average Bonchev–Trinajstić information content (AvgIpc) is 2.49. The van der Waals surface area contributed by atoms with E-state index in [4.69, 9.17) is 11.6 Å². The van der Waals surface area contributed by atoms with Crippen molar-refractivity contribution in [2.45, 2.75) is 31.2 Å². The Morgan fingerprint density at radius 2 is 1.80 bits per heavy atom. The number of benzene rings is 2. The molecule has 0 atom stereocenters. The molecule has 0 saturated carbocycles. The Kier molecular flexibility index (Phi) is 5.51. The number of carbonyl (C=O) groups excluding carboxylic acids is 1. The highest BCUT2D eigenvalue weighted by Gasteiger charge is 2.22. The number of hydrogen-bond donors (Lipinski definition) is 2. The van der Waals surface area contributed by atoms with E-state index in [1.54, 1.807) is 20.8 Å². The van der Waals surface area contributed by atoms with Gasteiger partial charge in [-0.15, -0.1) is 0 Å². The summed E-state index contributed by atoms with van der Waals surface area (Å²) in [5.74, 6) is -1.13. The second-order valence-corrected chi connectivity index (χ2v) is 8.56. The Hall–Kier alpha value is -1.96. The molecular weight excluding hydrogens is 367 g/mol. The van der Waals surface area contributed by atoms with Gasteiger partial charge >= 0.3 is 0 Å². The first kappa shape index (κ1) is 19.4. The van der Waals surface area contributed by atoms with Crippen LogP contribution in [0.4, 0.5) is 10.1 Å². The monoisotopic (exact) mass is 384 g/mol. The van der Waals surface area contributed by atoms with Gasteiger partial charge in [-0.2, -0.15) is 0 Å². The molecule has 0 aliphatic rings. The van der Waals surface area contributed by atoms with Crippen molar-refractivity contribution in [3.8, 4) is 0 Å². The van der Waals surface area contributed by atoms with Gasteiger partial charge < -0.3 is 5.32 Å². The molecule has 0 unspecified atom stereocenters. The number of carbonyl (C=O) groups is 1. The molecule has 0 aliphatic heterocycles. The van der Waals surface area contributed by atoms with Crippen molar-refractivity contribution >= 4 is 33.2 Å². The molecule has 0 aromatic heterocycles. The lowest BCUT2D eigenvalue weighted by Gasteiger charge is -2.20. The van der Waals surface area contributed by atoms with Crippen molar-refractivity contribution < 1.29 is 17.6 Å². The van der Waals surface area contributed by atoms with Crippen molar-refractivity contribution in [2.75, 3.05) is 5.32 Å². The zero-order valence-electron chi connectivity index (χ0n) is 13.9. The van der Waals surface area contributed by atoms with Crippen LogP contribution in [0, 0.1) is 5.82 Å². The van der Waals surface area contributed by atoms with Gasteiger partial charge in [0.1, 0.15) is 5.82 Å². The number of nitrogens with one attached hydrogen (secondary N) is 2. The van der Waals surface area contributed by atoms with Crippen molar-refractivity contribution in [2.24, 2.45) is 0 Å². The van der Waals surface area contributed by atoms with Crippen molar-refractivity contribution in [1.29, 1.82) is 0 Å². The quantitative estimate of drug-likeness (QED) is 0.841. The van der Waals surface area contributed by atoms with Crippen molar-refractivity contribution in [3.63, 3.8) is 0 Å². The third kappa shape index (κ3) is 5.26. The summed E-state index contributed by atoms with van der Waals surface area (Å²) in [5, 5.41) is 2.43. The van der Waals surface area contributed by atoms with Crippen LogP contribution in [0.25, 0.3) is 0 Å². The molecule has 0 radical (unpaired) electrons. The van der Waals surface area contributed by atoms with Gasteiger partial charge in [0, 0.05) is 16.8 Å². The molecule has 5 nitrogen and oxygen atoms in total. The first-order valence-corrected chi connectivity index (χ1v) is 9.24. The maximum atomic E-state index is 13.2. The molecule has 2 aromatic rings. The topological polar surface area (TPSA) is 75.3 Å². The minimum Gasteiger partial charge on any atom is -0.322 e. The number of sulfonamides is 1. The first-order chi connectivity index (χ1) is 11.5. The standard InChI is InChI=1S/C17H18ClFN2O3S/c1-17(2,3)21-25(23,24)13-6-4-5-11(9-13)16(22)20-12-7-8-15(19)14(18)10-12/h4-10,21H,1-3H3,(H,20,22).